The van der Waals surface area contributed by atoms with Gasteiger partial charge in [-0.3, -0.25) is 4.57 Å². The molecule has 0 radical (unpaired) electrons. The zero-order chi connectivity index (χ0) is 19.8. The van der Waals surface area contributed by atoms with Gasteiger partial charge in [0.2, 0.25) is 0 Å². The van der Waals surface area contributed by atoms with Gasteiger partial charge < -0.3 is 10.9 Å². The van der Waals surface area contributed by atoms with E-state index in [0.29, 0.717) is 0 Å². The molecule has 0 fully saturated rings. The number of imidazole rings is 1. The summed E-state index contributed by atoms with van der Waals surface area (Å²) in [5.74, 6) is 0.578. The Bertz CT molecular complexity index is 1290. The fourth-order valence-corrected chi connectivity index (χ4v) is 4.26. The Balaban J connectivity index is 0.00000218. The monoisotopic (exact) mass is 418 g/mol. The first-order chi connectivity index (χ1) is 14.2. The largest absolute Gasteiger partial charge is 0.497 e. The summed E-state index contributed by atoms with van der Waals surface area (Å²) < 4.78 is 21.6. The highest BCUT2D eigenvalue weighted by atomic mass is 32.1. The number of hydrogen-bond acceptors (Lipinski definition) is 5. The van der Waals surface area contributed by atoms with Gasteiger partial charge in [0, 0.05) is 16.8 Å². The lowest BCUT2D eigenvalue weighted by Gasteiger charge is -2.09. The molecule has 0 aliphatic rings. The summed E-state index contributed by atoms with van der Waals surface area (Å²) in [6.07, 6.45) is 3.65. The Morgan fingerprint density at radius 2 is 1.67 bits per heavy atom. The molecule has 0 saturated heterocycles. The number of ether oxygens (including phenoxy) is 1. The molecule has 0 amide bonds. The van der Waals surface area contributed by atoms with E-state index in [2.05, 4.69) is 9.97 Å². The number of halogens is 1. The van der Waals surface area contributed by atoms with Crippen LogP contribution in [-0.2, 0) is 0 Å². The summed E-state index contributed by atoms with van der Waals surface area (Å²) in [7, 11) is 1.66. The topological polar surface area (TPSA) is 74.9 Å². The minimum Gasteiger partial charge on any atom is -0.497 e. The maximum atomic E-state index is 13.4. The molecule has 0 aliphatic heterocycles. The Hall–Kier alpha value is -3.55. The van der Waals surface area contributed by atoms with Crippen molar-refractivity contribution in [1.82, 2.24) is 20.7 Å². The molecule has 0 saturated carbocycles. The van der Waals surface area contributed by atoms with Crippen molar-refractivity contribution < 1.29 is 9.13 Å². The maximum absolute atomic E-state index is 13.4. The second-order valence-corrected chi connectivity index (χ2v) is 7.59. The van der Waals surface area contributed by atoms with Crippen LogP contribution in [0.5, 0.6) is 5.75 Å². The van der Waals surface area contributed by atoms with Gasteiger partial charge in [0.25, 0.3) is 0 Å². The van der Waals surface area contributed by atoms with Crippen molar-refractivity contribution >= 4 is 21.6 Å². The van der Waals surface area contributed by atoms with Crippen molar-refractivity contribution in [1.29, 1.82) is 0 Å². The quantitative estimate of drug-likeness (QED) is 0.381. The van der Waals surface area contributed by atoms with Crippen LogP contribution in [0.2, 0.25) is 0 Å². The summed E-state index contributed by atoms with van der Waals surface area (Å²) in [6.45, 7) is 0. The number of benzene rings is 3. The molecule has 3 N–H and O–H groups in total. The molecular weight excluding hydrogens is 399 g/mol. The Morgan fingerprint density at radius 1 is 0.933 bits per heavy atom. The lowest BCUT2D eigenvalue weighted by atomic mass is 10.1. The van der Waals surface area contributed by atoms with Crippen LogP contribution in [0.25, 0.3) is 37.7 Å². The molecule has 5 rings (SSSR count). The molecule has 0 aliphatic carbocycles. The first kappa shape index (κ1) is 19.8. The summed E-state index contributed by atoms with van der Waals surface area (Å²) in [5.41, 5.74) is 4.87. The average molecular weight is 418 g/mol. The highest BCUT2D eigenvalue weighted by molar-refractivity contribution is 7.21. The second-order valence-electron chi connectivity index (χ2n) is 6.56. The van der Waals surface area contributed by atoms with E-state index in [9.17, 15) is 4.39 Å². The Kier molecular flexibility index (Phi) is 5.31. The van der Waals surface area contributed by atoms with Gasteiger partial charge in [0.05, 0.1) is 35.5 Å². The summed E-state index contributed by atoms with van der Waals surface area (Å²) in [6, 6.07) is 20.7. The highest BCUT2D eigenvalue weighted by Gasteiger charge is 2.10. The molecule has 30 heavy (non-hydrogen) atoms. The van der Waals surface area contributed by atoms with Gasteiger partial charge in [-0.2, -0.15) is 0 Å². The van der Waals surface area contributed by atoms with Crippen LogP contribution in [0.15, 0.2) is 79.3 Å². The number of nitrogens with zero attached hydrogens (tertiary/aromatic N) is 3. The van der Waals surface area contributed by atoms with Crippen molar-refractivity contribution in [2.45, 2.75) is 0 Å². The fourth-order valence-electron chi connectivity index (χ4n) is 3.26. The van der Waals surface area contributed by atoms with Crippen LogP contribution in [0, 0.1) is 5.82 Å². The number of methoxy groups -OCH3 is 1. The van der Waals surface area contributed by atoms with Crippen LogP contribution >= 0.6 is 11.3 Å². The highest BCUT2D eigenvalue weighted by Crippen LogP contribution is 2.32. The third-order valence-corrected chi connectivity index (χ3v) is 5.83. The second kappa shape index (κ2) is 8.06. The third kappa shape index (κ3) is 3.56. The normalized spacial score (nSPS) is 10.7. The van der Waals surface area contributed by atoms with Crippen molar-refractivity contribution in [2.75, 3.05) is 7.11 Å². The summed E-state index contributed by atoms with van der Waals surface area (Å²) >= 11 is 1.49. The smallest absolute Gasteiger partial charge is 0.124 e. The SMILES string of the molecule is COc1ccc(-c2cncn2-c2ccc(-c3nc4ccc(F)cc4s3)cc2)cc1.N. The number of rotatable bonds is 4. The average Bonchev–Trinajstić information content (AvgIpc) is 3.41. The number of hydrogen-bond donors (Lipinski definition) is 1. The van der Waals surface area contributed by atoms with Crippen molar-refractivity contribution in [3.05, 3.63) is 85.1 Å². The van der Waals surface area contributed by atoms with Gasteiger partial charge in [-0.25, -0.2) is 14.4 Å². The summed E-state index contributed by atoms with van der Waals surface area (Å²) in [4.78, 5) is 8.94. The number of thiazole rings is 1. The molecule has 5 aromatic rings. The van der Waals surface area contributed by atoms with Gasteiger partial charge in [-0.05, 0) is 66.7 Å². The van der Waals surface area contributed by atoms with E-state index in [-0.39, 0.29) is 12.0 Å². The van der Waals surface area contributed by atoms with Crippen LogP contribution < -0.4 is 10.9 Å². The van der Waals surface area contributed by atoms with Gasteiger partial charge >= 0.3 is 0 Å². The lowest BCUT2D eigenvalue weighted by Crippen LogP contribution is -1.95. The first-order valence-corrected chi connectivity index (χ1v) is 9.86. The summed E-state index contributed by atoms with van der Waals surface area (Å²) in [5, 5.41) is 0.873. The van der Waals surface area contributed by atoms with Crippen LogP contribution in [0.3, 0.4) is 0 Å². The van der Waals surface area contributed by atoms with E-state index in [1.54, 1.807) is 19.5 Å². The van der Waals surface area contributed by atoms with E-state index >= 15 is 0 Å². The Labute approximate surface area is 177 Å². The molecule has 0 atom stereocenters. The van der Waals surface area contributed by atoms with E-state index in [4.69, 9.17) is 4.74 Å². The van der Waals surface area contributed by atoms with Crippen LogP contribution in [0.1, 0.15) is 0 Å². The van der Waals surface area contributed by atoms with E-state index in [0.717, 1.165) is 43.5 Å². The molecule has 3 aromatic carbocycles. The van der Waals surface area contributed by atoms with Gasteiger partial charge in [-0.15, -0.1) is 11.3 Å². The maximum Gasteiger partial charge on any atom is 0.124 e. The van der Waals surface area contributed by atoms with Crippen LogP contribution in [0.4, 0.5) is 4.39 Å². The standard InChI is InChI=1S/C23H16FN3OS.H3N/c1-28-19-9-4-15(5-10-19)21-13-25-14-27(21)18-7-2-16(3-8-18)23-26-20-11-6-17(24)12-22(20)29-23;/h2-14H,1H3;1H3. The third-order valence-electron chi connectivity index (χ3n) is 4.77. The molecule has 2 heterocycles. The van der Waals surface area contributed by atoms with Gasteiger partial charge in [0.1, 0.15) is 16.6 Å². The first-order valence-electron chi connectivity index (χ1n) is 9.05. The minimum atomic E-state index is -0.241. The molecule has 0 bridgehead atoms. The zero-order valence-corrected chi connectivity index (χ0v) is 17.1. The predicted octanol–water partition coefficient (Wildman–Crippen LogP) is 6.13. The Morgan fingerprint density at radius 3 is 2.40 bits per heavy atom. The van der Waals surface area contributed by atoms with Crippen LogP contribution in [-0.4, -0.2) is 21.6 Å². The molecule has 5 nitrogen and oxygen atoms in total. The molecule has 0 unspecified atom stereocenters. The lowest BCUT2D eigenvalue weighted by molar-refractivity contribution is 0.415. The van der Waals surface area contributed by atoms with Crippen molar-refractivity contribution in [3.8, 4) is 33.3 Å². The van der Waals surface area contributed by atoms with E-state index in [1.807, 2.05) is 59.3 Å². The van der Waals surface area contributed by atoms with E-state index < -0.39 is 0 Å². The fraction of sp³-hybridized carbons (Fsp3) is 0.0435. The minimum absolute atomic E-state index is 0. The van der Waals surface area contributed by atoms with Crippen molar-refractivity contribution in [2.24, 2.45) is 0 Å². The molecule has 150 valence electrons. The molecular formula is C23H19FN4OS. The van der Waals surface area contributed by atoms with Gasteiger partial charge in [0.15, 0.2) is 0 Å². The number of aromatic nitrogens is 3. The molecule has 0 spiro atoms. The van der Waals surface area contributed by atoms with Gasteiger partial charge in [-0.1, -0.05) is 0 Å². The predicted molar refractivity (Wildman–Crippen MR) is 119 cm³/mol. The number of fused-ring (bicyclic) bond motifs is 1. The molecule has 2 aromatic heterocycles. The van der Waals surface area contributed by atoms with E-state index in [1.165, 1.54) is 23.5 Å². The zero-order valence-electron chi connectivity index (χ0n) is 16.2. The molecule has 7 heteroatoms. The van der Waals surface area contributed by atoms with Crippen molar-refractivity contribution in [3.63, 3.8) is 0 Å².